The van der Waals surface area contributed by atoms with Crippen LogP contribution in [0, 0.1) is 13.8 Å². The molecule has 0 saturated heterocycles. The summed E-state index contributed by atoms with van der Waals surface area (Å²) in [7, 11) is 1.55. The molecule has 2 rings (SSSR count). The number of ether oxygens (including phenoxy) is 1. The lowest BCUT2D eigenvalue weighted by Crippen LogP contribution is -2.44. The molecule has 128 valence electrons. The van der Waals surface area contributed by atoms with Crippen LogP contribution in [-0.2, 0) is 16.0 Å². The van der Waals surface area contributed by atoms with Gasteiger partial charge in [0.15, 0.2) is 0 Å². The van der Waals surface area contributed by atoms with Crippen LogP contribution in [0.3, 0.4) is 0 Å². The minimum atomic E-state index is -0.381. The van der Waals surface area contributed by atoms with Gasteiger partial charge in [-0.15, -0.1) is 0 Å². The van der Waals surface area contributed by atoms with Gasteiger partial charge in [0.2, 0.25) is 5.91 Å². The van der Waals surface area contributed by atoms with E-state index >= 15 is 0 Å². The number of rotatable bonds is 6. The molecule has 0 spiro atoms. The van der Waals surface area contributed by atoms with Crippen molar-refractivity contribution in [1.29, 1.82) is 0 Å². The van der Waals surface area contributed by atoms with Crippen molar-refractivity contribution in [2.45, 2.75) is 20.3 Å². The van der Waals surface area contributed by atoms with Gasteiger partial charge >= 0.3 is 0 Å². The Hall–Kier alpha value is -3.03. The molecule has 0 aliphatic rings. The second kappa shape index (κ2) is 8.00. The number of nitrogens with one attached hydrogen (secondary N) is 3. The van der Waals surface area contributed by atoms with Crippen LogP contribution in [-0.4, -0.2) is 30.6 Å². The molecule has 0 aliphatic heterocycles. The Balaban J connectivity index is 1.78. The lowest BCUT2D eigenvalue weighted by Gasteiger charge is -2.11. The largest absolute Gasteiger partial charge is 0.495 e. The van der Waals surface area contributed by atoms with Gasteiger partial charge in [-0.05, 0) is 26.0 Å². The zero-order valence-corrected chi connectivity index (χ0v) is 13.8. The minimum Gasteiger partial charge on any atom is -0.495 e. The minimum absolute atomic E-state index is 0.00796. The first-order chi connectivity index (χ1) is 11.5. The molecule has 0 unspecified atom stereocenters. The van der Waals surface area contributed by atoms with Crippen LogP contribution in [0.15, 0.2) is 28.8 Å². The molecule has 0 bridgehead atoms. The van der Waals surface area contributed by atoms with Crippen molar-refractivity contribution in [3.63, 3.8) is 0 Å². The summed E-state index contributed by atoms with van der Waals surface area (Å²) in [6.07, 6.45) is 0.0847. The maximum absolute atomic E-state index is 11.9. The monoisotopic (exact) mass is 332 g/mol. The molecular weight excluding hydrogens is 312 g/mol. The lowest BCUT2D eigenvalue weighted by atomic mass is 10.1. The van der Waals surface area contributed by atoms with E-state index in [4.69, 9.17) is 9.26 Å². The molecule has 0 aliphatic carbocycles. The lowest BCUT2D eigenvalue weighted by molar-refractivity contribution is -0.127. The van der Waals surface area contributed by atoms with Crippen LogP contribution in [0.4, 0.5) is 5.69 Å². The van der Waals surface area contributed by atoms with E-state index in [1.807, 2.05) is 12.1 Å². The Kier molecular flexibility index (Phi) is 5.78. The number of nitrogens with zero attached hydrogens (tertiary/aromatic N) is 1. The Morgan fingerprint density at radius 2 is 1.88 bits per heavy atom. The predicted octanol–water partition coefficient (Wildman–Crippen LogP) is 1.10. The van der Waals surface area contributed by atoms with E-state index in [-0.39, 0.29) is 24.8 Å². The van der Waals surface area contributed by atoms with Crippen molar-refractivity contribution in [2.75, 3.05) is 19.0 Å². The Bertz CT molecular complexity index is 707. The smallest absolute Gasteiger partial charge is 0.257 e. The highest BCUT2D eigenvalue weighted by molar-refractivity contribution is 5.85. The van der Waals surface area contributed by atoms with Crippen molar-refractivity contribution < 1.29 is 18.8 Å². The summed E-state index contributed by atoms with van der Waals surface area (Å²) in [6.45, 7) is 3.49. The second-order valence-corrected chi connectivity index (χ2v) is 5.13. The van der Waals surface area contributed by atoms with Gasteiger partial charge in [0.1, 0.15) is 11.5 Å². The molecule has 2 amide bonds. The summed E-state index contributed by atoms with van der Waals surface area (Å²) in [5, 5.41) is 6.72. The number of para-hydroxylation sites is 2. The van der Waals surface area contributed by atoms with Crippen LogP contribution >= 0.6 is 0 Å². The van der Waals surface area contributed by atoms with Crippen molar-refractivity contribution in [2.24, 2.45) is 0 Å². The van der Waals surface area contributed by atoms with Gasteiger partial charge < -0.3 is 14.6 Å². The molecule has 0 saturated carbocycles. The summed E-state index contributed by atoms with van der Waals surface area (Å²) in [4.78, 5) is 23.7. The maximum Gasteiger partial charge on any atom is 0.257 e. The highest BCUT2D eigenvalue weighted by Crippen LogP contribution is 2.22. The number of amides is 2. The zero-order chi connectivity index (χ0) is 17.5. The van der Waals surface area contributed by atoms with Crippen LogP contribution in [0.2, 0.25) is 0 Å². The average Bonchev–Trinajstić information content (AvgIpc) is 2.90. The van der Waals surface area contributed by atoms with Gasteiger partial charge in [-0.2, -0.15) is 0 Å². The van der Waals surface area contributed by atoms with Crippen molar-refractivity contribution in [1.82, 2.24) is 16.0 Å². The average molecular weight is 332 g/mol. The molecule has 8 heteroatoms. The van der Waals surface area contributed by atoms with E-state index in [0.29, 0.717) is 28.5 Å². The quantitative estimate of drug-likeness (QED) is 0.684. The number of carbonyl (C=O) groups excluding carboxylic acids is 2. The van der Waals surface area contributed by atoms with Gasteiger partial charge in [0.25, 0.3) is 5.91 Å². The zero-order valence-electron chi connectivity index (χ0n) is 13.8. The molecule has 2 aromatic rings. The van der Waals surface area contributed by atoms with Crippen molar-refractivity contribution >= 4 is 17.5 Å². The SMILES string of the molecule is COc1ccccc1NCC(=O)NNC(=O)Cc1c(C)noc1C. The van der Waals surface area contributed by atoms with Gasteiger partial charge in [-0.3, -0.25) is 20.4 Å². The molecule has 1 aromatic carbocycles. The summed E-state index contributed by atoms with van der Waals surface area (Å²) >= 11 is 0. The standard InChI is InChI=1S/C16H20N4O4/c1-10-12(11(2)24-20-10)8-15(21)18-19-16(22)9-17-13-6-4-5-7-14(13)23-3/h4-7,17H,8-9H2,1-3H3,(H,18,21)(H,19,22). The molecule has 0 fully saturated rings. The first-order valence-corrected chi connectivity index (χ1v) is 7.37. The number of benzene rings is 1. The summed E-state index contributed by atoms with van der Waals surface area (Å²) in [6, 6.07) is 7.24. The molecule has 0 atom stereocenters. The van der Waals surface area contributed by atoms with Crippen molar-refractivity contribution in [3.8, 4) is 5.75 Å². The topological polar surface area (TPSA) is 105 Å². The number of carbonyl (C=O) groups is 2. The number of methoxy groups -OCH3 is 1. The van der Waals surface area contributed by atoms with Gasteiger partial charge in [0.05, 0.1) is 31.5 Å². The highest BCUT2D eigenvalue weighted by Gasteiger charge is 2.14. The fourth-order valence-electron chi connectivity index (χ4n) is 2.11. The molecule has 0 radical (unpaired) electrons. The summed E-state index contributed by atoms with van der Waals surface area (Å²) in [5.74, 6) is 0.489. The maximum atomic E-state index is 11.9. The molecule has 24 heavy (non-hydrogen) atoms. The fourth-order valence-corrected chi connectivity index (χ4v) is 2.11. The first-order valence-electron chi connectivity index (χ1n) is 7.37. The van der Waals surface area contributed by atoms with E-state index in [2.05, 4.69) is 21.3 Å². The van der Waals surface area contributed by atoms with Gasteiger partial charge in [-0.1, -0.05) is 17.3 Å². The van der Waals surface area contributed by atoms with E-state index in [1.165, 1.54) is 0 Å². The van der Waals surface area contributed by atoms with Crippen LogP contribution < -0.4 is 20.9 Å². The van der Waals surface area contributed by atoms with Crippen molar-refractivity contribution in [3.05, 3.63) is 41.3 Å². The molecule has 1 aromatic heterocycles. The second-order valence-electron chi connectivity index (χ2n) is 5.13. The Morgan fingerprint density at radius 1 is 1.17 bits per heavy atom. The predicted molar refractivity (Wildman–Crippen MR) is 87.5 cm³/mol. The molecule has 8 nitrogen and oxygen atoms in total. The van der Waals surface area contributed by atoms with E-state index < -0.39 is 0 Å². The van der Waals surface area contributed by atoms with E-state index in [1.54, 1.807) is 33.1 Å². The number of hydrogen-bond acceptors (Lipinski definition) is 6. The number of anilines is 1. The third-order valence-corrected chi connectivity index (χ3v) is 3.41. The third kappa shape index (κ3) is 4.48. The van der Waals surface area contributed by atoms with Crippen LogP contribution in [0.1, 0.15) is 17.0 Å². The fraction of sp³-hybridized carbons (Fsp3) is 0.312. The molecular formula is C16H20N4O4. The van der Waals surface area contributed by atoms with Gasteiger partial charge in [-0.25, -0.2) is 0 Å². The highest BCUT2D eigenvalue weighted by atomic mass is 16.5. The third-order valence-electron chi connectivity index (χ3n) is 3.41. The first kappa shape index (κ1) is 17.3. The van der Waals surface area contributed by atoms with E-state index in [0.717, 1.165) is 0 Å². The number of hydrazine groups is 1. The number of aryl methyl sites for hydroxylation is 2. The van der Waals surface area contributed by atoms with E-state index in [9.17, 15) is 9.59 Å². The summed E-state index contributed by atoms with van der Waals surface area (Å²) < 4.78 is 10.2. The number of aromatic nitrogens is 1. The molecule has 3 N–H and O–H groups in total. The van der Waals surface area contributed by atoms with Crippen LogP contribution in [0.25, 0.3) is 0 Å². The Labute approximate surface area is 139 Å². The normalized spacial score (nSPS) is 10.1. The number of hydrogen-bond donors (Lipinski definition) is 3. The Morgan fingerprint density at radius 3 is 2.54 bits per heavy atom. The molecule has 1 heterocycles. The van der Waals surface area contributed by atoms with Gasteiger partial charge in [0, 0.05) is 5.56 Å². The van der Waals surface area contributed by atoms with Crippen LogP contribution in [0.5, 0.6) is 5.75 Å². The summed E-state index contributed by atoms with van der Waals surface area (Å²) in [5.41, 5.74) is 6.78.